The largest absolute Gasteiger partial charge is 0.328 e. The Morgan fingerprint density at radius 3 is 1.55 bits per heavy atom. The molecule has 60 valence electrons. The molecule has 0 spiro atoms. The van der Waals surface area contributed by atoms with Gasteiger partial charge >= 0.3 is 23.6 Å². The summed E-state index contributed by atoms with van der Waals surface area (Å²) in [7, 11) is 0. The van der Waals surface area contributed by atoms with Crippen molar-refractivity contribution in [1.82, 2.24) is 10.6 Å². The zero-order valence-electron chi connectivity index (χ0n) is 4.63. The lowest BCUT2D eigenvalue weighted by atomic mass is 10.3. The number of nitrogens with one attached hydrogen (secondary N) is 2. The summed E-state index contributed by atoms with van der Waals surface area (Å²) in [6.45, 7) is 0. The highest BCUT2D eigenvalue weighted by atomic mass is 16.2. The van der Waals surface area contributed by atoms with Gasteiger partial charge in [-0.15, -0.1) is 0 Å². The van der Waals surface area contributed by atoms with Crippen molar-refractivity contribution < 1.29 is 19.2 Å². The van der Waals surface area contributed by atoms with Crippen LogP contribution in [0, 0.1) is 0 Å². The van der Waals surface area contributed by atoms with Crippen LogP contribution in [0.2, 0.25) is 0 Å². The maximum absolute atomic E-state index is 10.3. The molecule has 2 N–H and O–H groups in total. The van der Waals surface area contributed by atoms with Gasteiger partial charge in [0, 0.05) is 0 Å². The molecule has 0 bridgehead atoms. The Kier molecular flexibility index (Phi) is 2.46. The van der Waals surface area contributed by atoms with Crippen LogP contribution in [0.1, 0.15) is 7.43 Å². The van der Waals surface area contributed by atoms with Gasteiger partial charge in [-0.3, -0.25) is 25.0 Å². The number of amides is 4. The summed E-state index contributed by atoms with van der Waals surface area (Å²) in [4.78, 5) is 41.1. The molecule has 1 fully saturated rings. The van der Waals surface area contributed by atoms with Crippen molar-refractivity contribution >= 4 is 23.6 Å². The van der Waals surface area contributed by atoms with E-state index in [2.05, 4.69) is 0 Å². The third kappa shape index (κ3) is 1.60. The molecule has 1 aliphatic rings. The monoisotopic (exact) mass is 158 g/mol. The van der Waals surface area contributed by atoms with E-state index in [1.165, 1.54) is 0 Å². The molecular weight excluding hydrogens is 152 g/mol. The molecule has 0 saturated carbocycles. The van der Waals surface area contributed by atoms with Crippen LogP contribution in [-0.2, 0) is 14.4 Å². The first-order chi connectivity index (χ1) is 4.61. The van der Waals surface area contributed by atoms with E-state index < -0.39 is 23.6 Å². The Bertz CT molecular complexity index is 223. The Hall–Kier alpha value is -1.72. The number of rotatable bonds is 0. The minimum Gasteiger partial charge on any atom is -0.277 e. The molecule has 1 aliphatic heterocycles. The molecule has 0 radical (unpaired) electrons. The van der Waals surface area contributed by atoms with Crippen molar-refractivity contribution in [2.75, 3.05) is 0 Å². The van der Waals surface area contributed by atoms with Crippen LogP contribution >= 0.6 is 0 Å². The Morgan fingerprint density at radius 2 is 1.18 bits per heavy atom. The highest BCUT2D eigenvalue weighted by Gasteiger charge is 2.31. The summed E-state index contributed by atoms with van der Waals surface area (Å²) in [5.41, 5.74) is 0. The lowest BCUT2D eigenvalue weighted by Crippen LogP contribution is -2.56. The second-order valence-corrected chi connectivity index (χ2v) is 1.57. The summed E-state index contributed by atoms with van der Waals surface area (Å²) in [6, 6.07) is -0.963. The van der Waals surface area contributed by atoms with E-state index in [9.17, 15) is 19.2 Å². The summed E-state index contributed by atoms with van der Waals surface area (Å²) < 4.78 is 0. The van der Waals surface area contributed by atoms with E-state index in [1.807, 2.05) is 0 Å². The van der Waals surface area contributed by atoms with Crippen molar-refractivity contribution in [3.63, 3.8) is 0 Å². The molecule has 6 nitrogen and oxygen atoms in total. The predicted octanol–water partition coefficient (Wildman–Crippen LogP) is -1.44. The molecule has 0 aromatic carbocycles. The van der Waals surface area contributed by atoms with E-state index in [0.717, 1.165) is 0 Å². The van der Waals surface area contributed by atoms with Gasteiger partial charge in [-0.25, -0.2) is 4.79 Å². The summed E-state index contributed by atoms with van der Waals surface area (Å²) >= 11 is 0. The lowest BCUT2D eigenvalue weighted by Gasteiger charge is -2.07. The van der Waals surface area contributed by atoms with Gasteiger partial charge in [-0.1, -0.05) is 7.43 Å². The number of urea groups is 1. The van der Waals surface area contributed by atoms with Gasteiger partial charge in [0.15, 0.2) is 0 Å². The van der Waals surface area contributed by atoms with Crippen molar-refractivity contribution in [1.29, 1.82) is 0 Å². The minimum absolute atomic E-state index is 0. The second-order valence-electron chi connectivity index (χ2n) is 1.57. The van der Waals surface area contributed by atoms with Gasteiger partial charge in [-0.05, 0) is 0 Å². The molecule has 0 aliphatic carbocycles. The van der Waals surface area contributed by atoms with Crippen molar-refractivity contribution in [2.45, 2.75) is 7.43 Å². The Labute approximate surface area is 61.9 Å². The summed E-state index contributed by atoms with van der Waals surface area (Å²) in [6.07, 6.45) is 0. The fourth-order valence-electron chi connectivity index (χ4n) is 0.454. The van der Waals surface area contributed by atoms with Gasteiger partial charge in [0.25, 0.3) is 0 Å². The van der Waals surface area contributed by atoms with Crippen LogP contribution in [0.4, 0.5) is 4.79 Å². The van der Waals surface area contributed by atoms with Crippen LogP contribution in [0.5, 0.6) is 0 Å². The molecule has 1 saturated heterocycles. The first kappa shape index (κ1) is 9.28. The van der Waals surface area contributed by atoms with E-state index in [-0.39, 0.29) is 7.43 Å². The number of Topliss-reactive ketones (excluding diaryl/α,β-unsaturated/α-hetero) is 1. The lowest BCUT2D eigenvalue weighted by molar-refractivity contribution is -0.146. The first-order valence-corrected chi connectivity index (χ1v) is 2.32. The average molecular weight is 158 g/mol. The van der Waals surface area contributed by atoms with Crippen molar-refractivity contribution in [3.05, 3.63) is 0 Å². The standard InChI is InChI=1S/C4H2N2O4.CH4/c7-1-2(8)5-4(10)6-3(1)9;/h(H2,5,6,8,9,10);1H4. The van der Waals surface area contributed by atoms with Gasteiger partial charge < -0.3 is 0 Å². The highest BCUT2D eigenvalue weighted by Crippen LogP contribution is 1.81. The maximum atomic E-state index is 10.3. The number of barbiturate groups is 1. The van der Waals surface area contributed by atoms with Crippen molar-refractivity contribution in [3.8, 4) is 0 Å². The fourth-order valence-corrected chi connectivity index (χ4v) is 0.454. The molecule has 6 heteroatoms. The number of carbonyl (C=O) groups is 4. The summed E-state index contributed by atoms with van der Waals surface area (Å²) in [5, 5.41) is 3.20. The second kappa shape index (κ2) is 2.91. The minimum atomic E-state index is -1.25. The van der Waals surface area contributed by atoms with Gasteiger partial charge in [-0.2, -0.15) is 0 Å². The number of carbonyl (C=O) groups excluding carboxylic acids is 4. The third-order valence-corrected chi connectivity index (χ3v) is 0.867. The third-order valence-electron chi connectivity index (χ3n) is 0.867. The molecule has 4 amide bonds. The predicted molar refractivity (Wildman–Crippen MR) is 33.4 cm³/mol. The SMILES string of the molecule is C.O=C1NC(=O)C(=O)C(=O)N1. The van der Waals surface area contributed by atoms with Crippen LogP contribution < -0.4 is 10.6 Å². The Morgan fingerprint density at radius 1 is 0.818 bits per heavy atom. The average Bonchev–Trinajstić information content (AvgIpc) is 1.82. The zero-order valence-corrected chi connectivity index (χ0v) is 4.63. The van der Waals surface area contributed by atoms with Gasteiger partial charge in [0.1, 0.15) is 0 Å². The quantitative estimate of drug-likeness (QED) is 0.422. The number of imide groups is 2. The topological polar surface area (TPSA) is 92.3 Å². The molecular formula is C5H6N2O4. The van der Waals surface area contributed by atoms with Crippen LogP contribution in [0.25, 0.3) is 0 Å². The maximum Gasteiger partial charge on any atom is 0.328 e. The van der Waals surface area contributed by atoms with Crippen molar-refractivity contribution in [2.24, 2.45) is 0 Å². The number of ketones is 1. The molecule has 11 heavy (non-hydrogen) atoms. The molecule has 1 heterocycles. The first-order valence-electron chi connectivity index (χ1n) is 2.32. The van der Waals surface area contributed by atoms with Crippen LogP contribution in [-0.4, -0.2) is 23.6 Å². The molecule has 0 aromatic heterocycles. The van der Waals surface area contributed by atoms with Gasteiger partial charge in [0.05, 0.1) is 0 Å². The van der Waals surface area contributed by atoms with E-state index in [4.69, 9.17) is 0 Å². The van der Waals surface area contributed by atoms with E-state index in [1.54, 1.807) is 10.6 Å². The number of hydrogen-bond acceptors (Lipinski definition) is 4. The Balaban J connectivity index is 0.000001000. The fraction of sp³-hybridized carbons (Fsp3) is 0.200. The molecule has 1 rings (SSSR count). The van der Waals surface area contributed by atoms with E-state index >= 15 is 0 Å². The van der Waals surface area contributed by atoms with Gasteiger partial charge in [0.2, 0.25) is 0 Å². The molecule has 0 atom stereocenters. The number of hydrogen-bond donors (Lipinski definition) is 2. The smallest absolute Gasteiger partial charge is 0.277 e. The molecule has 0 unspecified atom stereocenters. The zero-order chi connectivity index (χ0) is 7.72. The molecule has 0 aromatic rings. The van der Waals surface area contributed by atoms with Crippen LogP contribution in [0.15, 0.2) is 0 Å². The van der Waals surface area contributed by atoms with Crippen LogP contribution in [0.3, 0.4) is 0 Å². The van der Waals surface area contributed by atoms with E-state index in [0.29, 0.717) is 0 Å². The normalized spacial score (nSPS) is 16.7. The summed E-state index contributed by atoms with van der Waals surface area (Å²) in [5.74, 6) is -3.62. The highest BCUT2D eigenvalue weighted by molar-refractivity contribution is 6.66.